The van der Waals surface area contributed by atoms with Gasteiger partial charge in [-0.05, 0) is 18.2 Å². The van der Waals surface area contributed by atoms with Crippen molar-refractivity contribution in [2.24, 2.45) is 0 Å². The van der Waals surface area contributed by atoms with Gasteiger partial charge in [0.15, 0.2) is 0 Å². The fraction of sp³-hybridized carbons (Fsp3) is 0.312. The van der Waals surface area contributed by atoms with Gasteiger partial charge >= 0.3 is 6.03 Å². The molecular weight excluding hydrogens is 252 g/mol. The zero-order chi connectivity index (χ0) is 13.9. The van der Waals surface area contributed by atoms with Crippen molar-refractivity contribution in [2.45, 2.75) is 18.9 Å². The lowest BCUT2D eigenvalue weighted by Crippen LogP contribution is -2.35. The summed E-state index contributed by atoms with van der Waals surface area (Å²) in [6, 6.07) is 12.2. The number of nitrogens with one attached hydrogen (secondary N) is 2. The molecule has 3 rings (SSSR count). The maximum Gasteiger partial charge on any atom is 0.315 e. The van der Waals surface area contributed by atoms with Crippen LogP contribution in [0.3, 0.4) is 0 Å². The van der Waals surface area contributed by atoms with Crippen molar-refractivity contribution in [3.8, 4) is 5.75 Å². The molecule has 2 N–H and O–H groups in total. The summed E-state index contributed by atoms with van der Waals surface area (Å²) in [6.45, 7) is 0.687. The average Bonchev–Trinajstić information content (AvgIpc) is 2.69. The highest BCUT2D eigenvalue weighted by atomic mass is 16.5. The van der Waals surface area contributed by atoms with Gasteiger partial charge in [-0.15, -0.1) is 0 Å². The summed E-state index contributed by atoms with van der Waals surface area (Å²) >= 11 is 0. The van der Waals surface area contributed by atoms with E-state index < -0.39 is 0 Å². The summed E-state index contributed by atoms with van der Waals surface area (Å²) in [7, 11) is 1.63. The Morgan fingerprint density at radius 2 is 2.10 bits per heavy atom. The van der Waals surface area contributed by atoms with Gasteiger partial charge in [-0.3, -0.25) is 0 Å². The summed E-state index contributed by atoms with van der Waals surface area (Å²) in [5, 5.41) is 7.88. The predicted molar refractivity (Wildman–Crippen MR) is 79.0 cm³/mol. The molecule has 0 unspecified atom stereocenters. The number of hydrogen-bond acceptors (Lipinski definition) is 2. The second-order valence-corrected chi connectivity index (χ2v) is 4.97. The fourth-order valence-corrected chi connectivity index (χ4v) is 2.69. The number of benzene rings is 2. The van der Waals surface area contributed by atoms with Gasteiger partial charge in [0.05, 0.1) is 12.6 Å². The monoisotopic (exact) mass is 270 g/mol. The minimum Gasteiger partial charge on any atom is -0.493 e. The van der Waals surface area contributed by atoms with E-state index in [0.717, 1.165) is 34.9 Å². The van der Waals surface area contributed by atoms with Crippen LogP contribution in [0, 0.1) is 0 Å². The lowest BCUT2D eigenvalue weighted by molar-refractivity contribution is 0.238. The van der Waals surface area contributed by atoms with Gasteiger partial charge in [-0.1, -0.05) is 36.4 Å². The number of hydrogen-bond donors (Lipinski definition) is 2. The molecule has 104 valence electrons. The Morgan fingerprint density at radius 3 is 2.95 bits per heavy atom. The molecular formula is C16H18N2O2. The quantitative estimate of drug-likeness (QED) is 0.837. The molecule has 0 spiro atoms. The predicted octanol–water partition coefficient (Wildman–Crippen LogP) is 2.98. The van der Waals surface area contributed by atoms with Crippen molar-refractivity contribution in [1.82, 2.24) is 10.6 Å². The molecule has 20 heavy (non-hydrogen) atoms. The van der Waals surface area contributed by atoms with Crippen molar-refractivity contribution in [3.63, 3.8) is 0 Å². The third kappa shape index (κ3) is 2.29. The first-order chi connectivity index (χ1) is 9.79. The van der Waals surface area contributed by atoms with Crippen LogP contribution in [0.2, 0.25) is 0 Å². The summed E-state index contributed by atoms with van der Waals surface area (Å²) in [4.78, 5) is 11.6. The molecule has 2 aromatic rings. The molecule has 0 saturated carbocycles. The lowest BCUT2D eigenvalue weighted by atomic mass is 9.98. The molecule has 0 aliphatic carbocycles. The molecule has 2 aromatic carbocycles. The van der Waals surface area contributed by atoms with Gasteiger partial charge in [-0.2, -0.15) is 0 Å². The number of ether oxygens (including phenoxy) is 1. The molecule has 0 radical (unpaired) electrons. The highest BCUT2D eigenvalue weighted by Crippen LogP contribution is 2.37. The molecule has 1 atom stereocenters. The van der Waals surface area contributed by atoms with Crippen LogP contribution in [0.5, 0.6) is 5.75 Å². The van der Waals surface area contributed by atoms with Crippen molar-refractivity contribution >= 4 is 16.8 Å². The van der Waals surface area contributed by atoms with Crippen LogP contribution in [-0.4, -0.2) is 19.7 Å². The maximum absolute atomic E-state index is 11.6. The molecule has 0 saturated heterocycles. The summed E-state index contributed by atoms with van der Waals surface area (Å²) in [5.74, 6) is 0.905. The topological polar surface area (TPSA) is 50.4 Å². The van der Waals surface area contributed by atoms with Crippen LogP contribution in [0.25, 0.3) is 10.8 Å². The molecule has 4 nitrogen and oxygen atoms in total. The number of urea groups is 1. The van der Waals surface area contributed by atoms with E-state index in [9.17, 15) is 4.79 Å². The summed E-state index contributed by atoms with van der Waals surface area (Å²) in [5.41, 5.74) is 1.06. The van der Waals surface area contributed by atoms with Gasteiger partial charge in [0.1, 0.15) is 5.75 Å². The Balaban J connectivity index is 2.07. The van der Waals surface area contributed by atoms with E-state index in [1.807, 2.05) is 12.1 Å². The first-order valence-corrected chi connectivity index (χ1v) is 6.92. The minimum absolute atomic E-state index is 0.00273. The third-order valence-corrected chi connectivity index (χ3v) is 3.70. The molecule has 0 fully saturated rings. The molecule has 1 aliphatic rings. The van der Waals surface area contributed by atoms with E-state index in [0.29, 0.717) is 6.61 Å². The Morgan fingerprint density at radius 1 is 1.25 bits per heavy atom. The molecule has 1 heterocycles. The van der Waals surface area contributed by atoms with Gasteiger partial charge in [0, 0.05) is 18.0 Å². The first kappa shape index (κ1) is 12.8. The van der Waals surface area contributed by atoms with Gasteiger partial charge < -0.3 is 15.4 Å². The third-order valence-electron chi connectivity index (χ3n) is 3.70. The number of carbonyl (C=O) groups is 1. The Kier molecular flexibility index (Phi) is 3.46. The zero-order valence-corrected chi connectivity index (χ0v) is 11.5. The molecule has 4 heteroatoms. The van der Waals surface area contributed by atoms with Crippen LogP contribution in [-0.2, 0) is 0 Å². The normalized spacial score (nSPS) is 17.8. The molecule has 0 bridgehead atoms. The van der Waals surface area contributed by atoms with Crippen LogP contribution < -0.4 is 15.4 Å². The largest absolute Gasteiger partial charge is 0.493 e. The van der Waals surface area contributed by atoms with E-state index >= 15 is 0 Å². The molecule has 1 aliphatic heterocycles. The van der Waals surface area contributed by atoms with E-state index in [1.54, 1.807) is 7.05 Å². The van der Waals surface area contributed by atoms with Crippen molar-refractivity contribution in [1.29, 1.82) is 0 Å². The Bertz CT molecular complexity index is 639. The Labute approximate surface area is 118 Å². The van der Waals surface area contributed by atoms with Crippen LogP contribution in [0.4, 0.5) is 4.79 Å². The van der Waals surface area contributed by atoms with Crippen LogP contribution >= 0.6 is 0 Å². The average molecular weight is 270 g/mol. The smallest absolute Gasteiger partial charge is 0.315 e. The van der Waals surface area contributed by atoms with Crippen molar-refractivity contribution in [3.05, 3.63) is 42.0 Å². The second kappa shape index (κ2) is 5.41. The number of carbonyl (C=O) groups excluding carboxylic acids is 1. The van der Waals surface area contributed by atoms with E-state index in [-0.39, 0.29) is 12.1 Å². The maximum atomic E-state index is 11.6. The highest BCUT2D eigenvalue weighted by molar-refractivity contribution is 5.90. The van der Waals surface area contributed by atoms with Gasteiger partial charge in [0.25, 0.3) is 0 Å². The fourth-order valence-electron chi connectivity index (χ4n) is 2.69. The van der Waals surface area contributed by atoms with E-state index in [4.69, 9.17) is 4.74 Å². The molecule has 2 amide bonds. The Hall–Kier alpha value is -2.23. The standard InChI is InChI=1S/C16H18N2O2/c1-17-16(19)18-14-7-4-10-20-15-12-6-3-2-5-11(12)8-9-13(14)15/h2-3,5-6,8-9,14H,4,7,10H2,1H3,(H2,17,18,19)/t14-/m1/s1. The van der Waals surface area contributed by atoms with Gasteiger partial charge in [-0.25, -0.2) is 4.79 Å². The number of fused-ring (bicyclic) bond motifs is 3. The van der Waals surface area contributed by atoms with Gasteiger partial charge in [0.2, 0.25) is 0 Å². The lowest BCUT2D eigenvalue weighted by Gasteiger charge is -2.19. The van der Waals surface area contributed by atoms with E-state index in [1.165, 1.54) is 0 Å². The highest BCUT2D eigenvalue weighted by Gasteiger charge is 2.22. The molecule has 0 aromatic heterocycles. The van der Waals surface area contributed by atoms with Crippen molar-refractivity contribution < 1.29 is 9.53 Å². The number of rotatable bonds is 1. The number of amides is 2. The second-order valence-electron chi connectivity index (χ2n) is 4.97. The minimum atomic E-state index is -0.156. The SMILES string of the molecule is CNC(=O)N[C@@H]1CCCOc2c1ccc1ccccc21. The zero-order valence-electron chi connectivity index (χ0n) is 11.5. The summed E-state index contributed by atoms with van der Waals surface area (Å²) < 4.78 is 5.94. The summed E-state index contributed by atoms with van der Waals surface area (Å²) in [6.07, 6.45) is 1.82. The first-order valence-electron chi connectivity index (χ1n) is 6.92. The van der Waals surface area contributed by atoms with Crippen LogP contribution in [0.15, 0.2) is 36.4 Å². The van der Waals surface area contributed by atoms with Crippen LogP contribution in [0.1, 0.15) is 24.4 Å². The van der Waals surface area contributed by atoms with E-state index in [2.05, 4.69) is 34.9 Å². The van der Waals surface area contributed by atoms with Crippen molar-refractivity contribution in [2.75, 3.05) is 13.7 Å².